The summed E-state index contributed by atoms with van der Waals surface area (Å²) in [5.74, 6) is -0.324. The van der Waals surface area contributed by atoms with Crippen LogP contribution in [-0.4, -0.2) is 29.9 Å². The quantitative estimate of drug-likeness (QED) is 0.623. The van der Waals surface area contributed by atoms with Crippen LogP contribution in [0.3, 0.4) is 0 Å². The highest BCUT2D eigenvalue weighted by molar-refractivity contribution is 5.82. The molecule has 0 bridgehead atoms. The zero-order chi connectivity index (χ0) is 11.0. The van der Waals surface area contributed by atoms with Crippen molar-refractivity contribution in [3.8, 4) is 12.1 Å². The number of nitrogens with two attached hydrogens (primary N) is 1. The second-order valence-electron chi connectivity index (χ2n) is 2.91. The highest BCUT2D eigenvalue weighted by Gasteiger charge is 2.19. The van der Waals surface area contributed by atoms with Gasteiger partial charge >= 0.3 is 0 Å². The fraction of sp³-hybridized carbons (Fsp3) is 0.667. The third-order valence-corrected chi connectivity index (χ3v) is 1.75. The van der Waals surface area contributed by atoms with Crippen LogP contribution in [0.1, 0.15) is 19.8 Å². The van der Waals surface area contributed by atoms with Crippen molar-refractivity contribution in [2.24, 2.45) is 5.73 Å². The molecule has 0 aromatic rings. The number of rotatable bonds is 5. The van der Waals surface area contributed by atoms with Crippen LogP contribution < -0.4 is 5.73 Å². The van der Waals surface area contributed by atoms with Gasteiger partial charge in [-0.3, -0.25) is 4.79 Å². The maximum absolute atomic E-state index is 11.5. The molecule has 0 spiro atoms. The van der Waals surface area contributed by atoms with E-state index in [0.717, 1.165) is 6.42 Å². The van der Waals surface area contributed by atoms with Crippen LogP contribution in [0.5, 0.6) is 0 Å². The number of hydrogen-bond donors (Lipinski definition) is 1. The first-order valence-electron chi connectivity index (χ1n) is 4.45. The molecule has 1 atom stereocenters. The van der Waals surface area contributed by atoms with Crippen LogP contribution in [-0.2, 0) is 4.79 Å². The Balaban J connectivity index is 4.29. The summed E-state index contributed by atoms with van der Waals surface area (Å²) >= 11 is 0. The van der Waals surface area contributed by atoms with Gasteiger partial charge in [0, 0.05) is 0 Å². The van der Waals surface area contributed by atoms with Crippen molar-refractivity contribution in [1.82, 2.24) is 4.90 Å². The average Bonchev–Trinajstić information content (AvgIpc) is 2.17. The van der Waals surface area contributed by atoms with E-state index in [1.54, 1.807) is 0 Å². The number of carbonyl (C=O) groups excluding carboxylic acids is 1. The predicted octanol–water partition coefficient (Wildman–Crippen LogP) is -0.0104. The van der Waals surface area contributed by atoms with Crippen LogP contribution in [0, 0.1) is 22.7 Å². The molecule has 0 aromatic heterocycles. The average molecular weight is 194 g/mol. The summed E-state index contributed by atoms with van der Waals surface area (Å²) < 4.78 is 0. The topological polar surface area (TPSA) is 93.9 Å². The zero-order valence-electron chi connectivity index (χ0n) is 8.23. The number of hydrogen-bond acceptors (Lipinski definition) is 4. The first-order chi connectivity index (χ1) is 6.67. The summed E-state index contributed by atoms with van der Waals surface area (Å²) in [4.78, 5) is 12.7. The molecule has 5 nitrogen and oxygen atoms in total. The van der Waals surface area contributed by atoms with Gasteiger partial charge in [-0.05, 0) is 6.42 Å². The van der Waals surface area contributed by atoms with Gasteiger partial charge in [0.1, 0.15) is 13.1 Å². The summed E-state index contributed by atoms with van der Waals surface area (Å²) in [6.45, 7) is 1.76. The molecular formula is C9H14N4O. The SMILES string of the molecule is CCC[C@@H](N)C(=O)N(CC#N)CC#N. The van der Waals surface area contributed by atoms with Gasteiger partial charge in [-0.15, -0.1) is 0 Å². The van der Waals surface area contributed by atoms with Crippen LogP contribution >= 0.6 is 0 Å². The van der Waals surface area contributed by atoms with Crippen molar-refractivity contribution >= 4 is 5.91 Å². The molecule has 0 heterocycles. The molecule has 0 aliphatic rings. The maximum Gasteiger partial charge on any atom is 0.241 e. The van der Waals surface area contributed by atoms with Crippen molar-refractivity contribution in [3.05, 3.63) is 0 Å². The Morgan fingerprint density at radius 2 is 1.93 bits per heavy atom. The van der Waals surface area contributed by atoms with Crippen molar-refractivity contribution in [2.75, 3.05) is 13.1 Å². The monoisotopic (exact) mass is 194 g/mol. The van der Waals surface area contributed by atoms with Crippen molar-refractivity contribution in [1.29, 1.82) is 10.5 Å². The molecule has 0 unspecified atom stereocenters. The standard InChI is InChI=1S/C9H14N4O/c1-2-3-8(12)9(14)13(6-4-10)7-5-11/h8H,2-3,6-7,12H2,1H3/t8-/m1/s1. The lowest BCUT2D eigenvalue weighted by molar-refractivity contribution is -0.131. The number of nitrogens with zero attached hydrogens (tertiary/aromatic N) is 3. The summed E-state index contributed by atoms with van der Waals surface area (Å²) in [5, 5.41) is 16.9. The number of carbonyl (C=O) groups is 1. The summed E-state index contributed by atoms with van der Waals surface area (Å²) in [7, 11) is 0. The minimum Gasteiger partial charge on any atom is -0.320 e. The lowest BCUT2D eigenvalue weighted by atomic mass is 10.1. The zero-order valence-corrected chi connectivity index (χ0v) is 8.23. The lowest BCUT2D eigenvalue weighted by Crippen LogP contribution is -2.44. The minimum absolute atomic E-state index is 0.0796. The predicted molar refractivity (Wildman–Crippen MR) is 50.7 cm³/mol. The molecule has 76 valence electrons. The molecule has 0 saturated carbocycles. The molecule has 0 rings (SSSR count). The molecule has 1 amide bonds. The summed E-state index contributed by atoms with van der Waals surface area (Å²) in [5.41, 5.74) is 5.58. The summed E-state index contributed by atoms with van der Waals surface area (Å²) in [6.07, 6.45) is 1.38. The molecule has 0 aromatic carbocycles. The van der Waals surface area contributed by atoms with E-state index >= 15 is 0 Å². The lowest BCUT2D eigenvalue weighted by Gasteiger charge is -2.19. The van der Waals surface area contributed by atoms with Crippen LogP contribution in [0.4, 0.5) is 0 Å². The van der Waals surface area contributed by atoms with Gasteiger partial charge in [-0.2, -0.15) is 10.5 Å². The first-order valence-corrected chi connectivity index (χ1v) is 4.45. The second kappa shape index (κ2) is 6.88. The van der Waals surface area contributed by atoms with Crippen LogP contribution in [0.25, 0.3) is 0 Å². The van der Waals surface area contributed by atoms with E-state index in [-0.39, 0.29) is 19.0 Å². The minimum atomic E-state index is -0.596. The number of amides is 1. The fourth-order valence-electron chi connectivity index (χ4n) is 1.05. The highest BCUT2D eigenvalue weighted by Crippen LogP contribution is 1.99. The Bertz CT molecular complexity index is 247. The van der Waals surface area contributed by atoms with E-state index in [9.17, 15) is 4.79 Å². The van der Waals surface area contributed by atoms with Crippen LogP contribution in [0.15, 0.2) is 0 Å². The van der Waals surface area contributed by atoms with Crippen LogP contribution in [0.2, 0.25) is 0 Å². The van der Waals surface area contributed by atoms with Gasteiger partial charge in [-0.25, -0.2) is 0 Å². The van der Waals surface area contributed by atoms with Crippen molar-refractivity contribution in [3.63, 3.8) is 0 Å². The third kappa shape index (κ3) is 3.88. The van der Waals surface area contributed by atoms with E-state index in [2.05, 4.69) is 0 Å². The van der Waals surface area contributed by atoms with E-state index in [0.29, 0.717) is 6.42 Å². The van der Waals surface area contributed by atoms with E-state index in [1.807, 2.05) is 19.1 Å². The normalized spacial score (nSPS) is 11.1. The van der Waals surface area contributed by atoms with E-state index in [1.165, 1.54) is 4.90 Å². The molecule has 0 fully saturated rings. The second-order valence-corrected chi connectivity index (χ2v) is 2.91. The van der Waals surface area contributed by atoms with Gasteiger partial charge in [0.15, 0.2) is 0 Å². The molecular weight excluding hydrogens is 180 g/mol. The van der Waals surface area contributed by atoms with Gasteiger partial charge < -0.3 is 10.6 Å². The largest absolute Gasteiger partial charge is 0.320 e. The van der Waals surface area contributed by atoms with Gasteiger partial charge in [0.05, 0.1) is 18.2 Å². The number of nitriles is 2. The highest BCUT2D eigenvalue weighted by atomic mass is 16.2. The molecule has 0 aliphatic heterocycles. The Morgan fingerprint density at radius 3 is 2.29 bits per heavy atom. The molecule has 0 saturated heterocycles. The van der Waals surface area contributed by atoms with Gasteiger partial charge in [0.2, 0.25) is 5.91 Å². The Kier molecular flexibility index (Phi) is 6.09. The van der Waals surface area contributed by atoms with Gasteiger partial charge in [0.25, 0.3) is 0 Å². The smallest absolute Gasteiger partial charge is 0.241 e. The fourth-order valence-corrected chi connectivity index (χ4v) is 1.05. The molecule has 5 heteroatoms. The Labute approximate surface area is 83.7 Å². The van der Waals surface area contributed by atoms with Crippen molar-refractivity contribution < 1.29 is 4.79 Å². The Hall–Kier alpha value is -1.59. The molecule has 0 radical (unpaired) electrons. The summed E-state index contributed by atoms with van der Waals surface area (Å²) in [6, 6.07) is 3.06. The molecule has 2 N–H and O–H groups in total. The van der Waals surface area contributed by atoms with E-state index in [4.69, 9.17) is 16.3 Å². The first kappa shape index (κ1) is 12.4. The van der Waals surface area contributed by atoms with Gasteiger partial charge in [-0.1, -0.05) is 13.3 Å². The molecule has 14 heavy (non-hydrogen) atoms. The van der Waals surface area contributed by atoms with E-state index < -0.39 is 6.04 Å². The van der Waals surface area contributed by atoms with Crippen molar-refractivity contribution in [2.45, 2.75) is 25.8 Å². The Morgan fingerprint density at radius 1 is 1.43 bits per heavy atom. The third-order valence-electron chi connectivity index (χ3n) is 1.75. The maximum atomic E-state index is 11.5. The molecule has 0 aliphatic carbocycles.